The Bertz CT molecular complexity index is 1230. The molecule has 5 heterocycles. The second-order valence-corrected chi connectivity index (χ2v) is 7.73. The van der Waals surface area contributed by atoms with Crippen LogP contribution in [0, 0.1) is 0 Å². The van der Waals surface area contributed by atoms with E-state index in [0.29, 0.717) is 30.3 Å². The highest BCUT2D eigenvalue weighted by atomic mass is 16.5. The topological polar surface area (TPSA) is 94.6 Å². The van der Waals surface area contributed by atoms with E-state index >= 15 is 0 Å². The fraction of sp³-hybridized carbons (Fsp3) is 0.364. The molecule has 10 heteroatoms. The number of nitrogens with zero attached hydrogens (tertiary/aromatic N) is 7. The van der Waals surface area contributed by atoms with Gasteiger partial charge in [0.25, 0.3) is 0 Å². The highest BCUT2D eigenvalue weighted by Gasteiger charge is 2.27. The van der Waals surface area contributed by atoms with Gasteiger partial charge in [0.15, 0.2) is 11.6 Å². The van der Waals surface area contributed by atoms with Gasteiger partial charge in [-0.1, -0.05) is 6.92 Å². The molecule has 0 saturated carbocycles. The van der Waals surface area contributed by atoms with Crippen molar-refractivity contribution < 1.29 is 9.47 Å². The number of likely N-dealkylation sites (tertiary alicyclic amines) is 1. The van der Waals surface area contributed by atoms with E-state index in [0.717, 1.165) is 35.6 Å². The molecule has 1 aliphatic heterocycles. The summed E-state index contributed by atoms with van der Waals surface area (Å²) in [7, 11) is 3.47. The van der Waals surface area contributed by atoms with Crippen molar-refractivity contribution in [1.29, 1.82) is 0 Å². The lowest BCUT2D eigenvalue weighted by Gasteiger charge is -2.39. The van der Waals surface area contributed by atoms with Crippen LogP contribution in [-0.4, -0.2) is 67.1 Å². The van der Waals surface area contributed by atoms with Gasteiger partial charge in [0, 0.05) is 43.7 Å². The number of aryl methyl sites for hydroxylation is 1. The van der Waals surface area contributed by atoms with Crippen LogP contribution in [0.3, 0.4) is 0 Å². The van der Waals surface area contributed by atoms with Crippen LogP contribution < -0.4 is 14.8 Å². The van der Waals surface area contributed by atoms with Gasteiger partial charge in [-0.25, -0.2) is 9.50 Å². The summed E-state index contributed by atoms with van der Waals surface area (Å²) in [6.07, 6.45) is 6.53. The number of hydrogen-bond acceptors (Lipinski definition) is 8. The summed E-state index contributed by atoms with van der Waals surface area (Å²) in [4.78, 5) is 10.7. The van der Waals surface area contributed by atoms with Crippen LogP contribution in [0.15, 0.2) is 42.9 Å². The maximum absolute atomic E-state index is 6.18. The summed E-state index contributed by atoms with van der Waals surface area (Å²) in [6, 6.07) is 8.60. The van der Waals surface area contributed by atoms with E-state index in [-0.39, 0.29) is 0 Å². The molecule has 1 fully saturated rings. The third kappa shape index (κ3) is 3.84. The number of pyridine rings is 1. The van der Waals surface area contributed by atoms with Crippen molar-refractivity contribution in [1.82, 2.24) is 34.3 Å². The molecule has 0 bridgehead atoms. The lowest BCUT2D eigenvalue weighted by Crippen LogP contribution is -2.50. The first-order valence-corrected chi connectivity index (χ1v) is 10.7. The zero-order valence-electron chi connectivity index (χ0n) is 18.4. The summed E-state index contributed by atoms with van der Waals surface area (Å²) < 4.78 is 14.9. The molecule has 1 saturated heterocycles. The molecule has 0 amide bonds. The maximum Gasteiger partial charge on any atom is 0.318 e. The SMILES string of the molecule is CCN1CC[C@@H]1COc1cnn(C)c1-c1ccn2nc(Nc3ccnc(OC)n3)cc2c1. The van der Waals surface area contributed by atoms with Gasteiger partial charge in [0.2, 0.25) is 0 Å². The van der Waals surface area contributed by atoms with Crippen LogP contribution in [0.25, 0.3) is 16.8 Å². The number of nitrogens with one attached hydrogen (secondary N) is 1. The summed E-state index contributed by atoms with van der Waals surface area (Å²) in [6.45, 7) is 5.08. The Morgan fingerprint density at radius 2 is 2.12 bits per heavy atom. The van der Waals surface area contributed by atoms with E-state index in [1.54, 1.807) is 18.5 Å². The average molecular weight is 435 g/mol. The highest BCUT2D eigenvalue weighted by Crippen LogP contribution is 2.31. The highest BCUT2D eigenvalue weighted by molar-refractivity contribution is 5.72. The van der Waals surface area contributed by atoms with Crippen LogP contribution in [-0.2, 0) is 7.05 Å². The summed E-state index contributed by atoms with van der Waals surface area (Å²) in [5.41, 5.74) is 2.91. The van der Waals surface area contributed by atoms with Crippen LogP contribution in [0.5, 0.6) is 11.8 Å². The van der Waals surface area contributed by atoms with Gasteiger partial charge >= 0.3 is 6.01 Å². The number of ether oxygens (including phenoxy) is 2. The molecule has 1 N–H and O–H groups in total. The second kappa shape index (κ2) is 8.46. The molecule has 0 aromatic carbocycles. The molecule has 1 atom stereocenters. The minimum Gasteiger partial charge on any atom is -0.488 e. The predicted molar refractivity (Wildman–Crippen MR) is 120 cm³/mol. The van der Waals surface area contributed by atoms with Gasteiger partial charge < -0.3 is 14.8 Å². The number of methoxy groups -OCH3 is 1. The number of likely N-dealkylation sites (N-methyl/N-ethyl adjacent to an activating group) is 1. The number of rotatable bonds is 8. The Morgan fingerprint density at radius 3 is 2.91 bits per heavy atom. The molecule has 166 valence electrons. The zero-order valence-corrected chi connectivity index (χ0v) is 18.4. The Balaban J connectivity index is 1.37. The molecule has 4 aromatic rings. The average Bonchev–Trinajstić information content (AvgIpc) is 3.35. The fourth-order valence-corrected chi connectivity index (χ4v) is 3.98. The maximum atomic E-state index is 6.18. The first-order valence-electron chi connectivity index (χ1n) is 10.7. The minimum atomic E-state index is 0.300. The largest absolute Gasteiger partial charge is 0.488 e. The molecule has 10 nitrogen and oxygen atoms in total. The number of hydrogen-bond donors (Lipinski definition) is 1. The summed E-state index contributed by atoms with van der Waals surface area (Å²) >= 11 is 0. The first kappa shape index (κ1) is 20.3. The van der Waals surface area contributed by atoms with Gasteiger partial charge in [0.05, 0.1) is 18.8 Å². The first-order chi connectivity index (χ1) is 15.6. The molecule has 0 unspecified atom stereocenters. The molecule has 0 radical (unpaired) electrons. The van der Waals surface area contributed by atoms with Crippen LogP contribution in [0.4, 0.5) is 11.6 Å². The van der Waals surface area contributed by atoms with Gasteiger partial charge in [-0.05, 0) is 31.2 Å². The molecular formula is C22H26N8O2. The number of aromatic nitrogens is 6. The van der Waals surface area contributed by atoms with Crippen molar-refractivity contribution >= 4 is 17.2 Å². The van der Waals surface area contributed by atoms with Crippen LogP contribution in [0.2, 0.25) is 0 Å². The third-order valence-corrected chi connectivity index (χ3v) is 5.82. The van der Waals surface area contributed by atoms with Gasteiger partial charge in [-0.2, -0.15) is 15.2 Å². The van der Waals surface area contributed by atoms with Crippen molar-refractivity contribution in [3.8, 4) is 23.0 Å². The Hall–Kier alpha value is -3.66. The van der Waals surface area contributed by atoms with Gasteiger partial charge in [-0.15, -0.1) is 0 Å². The number of fused-ring (bicyclic) bond motifs is 1. The Morgan fingerprint density at radius 1 is 1.22 bits per heavy atom. The molecule has 0 spiro atoms. The lowest BCUT2D eigenvalue weighted by molar-refractivity contribution is 0.0563. The van der Waals surface area contributed by atoms with Crippen molar-refractivity contribution in [3.63, 3.8) is 0 Å². The van der Waals surface area contributed by atoms with Crippen molar-refractivity contribution in [2.24, 2.45) is 7.05 Å². The van der Waals surface area contributed by atoms with Crippen molar-refractivity contribution in [2.75, 3.05) is 32.1 Å². The van der Waals surface area contributed by atoms with E-state index in [1.807, 2.05) is 34.6 Å². The van der Waals surface area contributed by atoms with E-state index in [2.05, 4.69) is 43.4 Å². The molecule has 0 aliphatic carbocycles. The normalized spacial score (nSPS) is 16.2. The lowest BCUT2D eigenvalue weighted by atomic mass is 10.0. The molecule has 5 rings (SSSR count). The second-order valence-electron chi connectivity index (χ2n) is 7.73. The van der Waals surface area contributed by atoms with Crippen molar-refractivity contribution in [2.45, 2.75) is 19.4 Å². The van der Waals surface area contributed by atoms with Gasteiger partial charge in [0.1, 0.15) is 18.1 Å². The quantitative estimate of drug-likeness (QED) is 0.452. The predicted octanol–water partition coefficient (Wildman–Crippen LogP) is 2.75. The molecule has 4 aromatic heterocycles. The number of anilines is 2. The Kier molecular flexibility index (Phi) is 5.36. The minimum absolute atomic E-state index is 0.300. The summed E-state index contributed by atoms with van der Waals surface area (Å²) in [5, 5.41) is 12.2. The van der Waals surface area contributed by atoms with E-state index in [9.17, 15) is 0 Å². The monoisotopic (exact) mass is 434 g/mol. The van der Waals surface area contributed by atoms with Crippen LogP contribution in [0.1, 0.15) is 13.3 Å². The smallest absolute Gasteiger partial charge is 0.318 e. The standard InChI is InChI=1S/C22H26N8O2/c1-4-29-9-7-16(29)14-32-18-13-24-28(2)21(18)15-6-10-30-17(11-15)12-20(27-30)25-19-5-8-23-22(26-19)31-3/h5-6,8,10-13,16H,4,7,9,14H2,1-3H3,(H,23,25,26,27)/t16-/m1/s1. The van der Waals surface area contributed by atoms with Crippen molar-refractivity contribution in [3.05, 3.63) is 42.9 Å². The molecule has 1 aliphatic rings. The summed E-state index contributed by atoms with van der Waals surface area (Å²) in [5.74, 6) is 2.08. The van der Waals surface area contributed by atoms with Gasteiger partial charge in [-0.3, -0.25) is 9.58 Å². The van der Waals surface area contributed by atoms with E-state index < -0.39 is 0 Å². The fourth-order valence-electron chi connectivity index (χ4n) is 3.98. The van der Waals surface area contributed by atoms with E-state index in [4.69, 9.17) is 9.47 Å². The molecule has 32 heavy (non-hydrogen) atoms. The van der Waals surface area contributed by atoms with E-state index in [1.165, 1.54) is 13.5 Å². The van der Waals surface area contributed by atoms with Crippen LogP contribution >= 0.6 is 0 Å². The Labute approximate surface area is 185 Å². The zero-order chi connectivity index (χ0) is 22.1. The third-order valence-electron chi connectivity index (χ3n) is 5.82. The molecular weight excluding hydrogens is 408 g/mol.